The fourth-order valence-corrected chi connectivity index (χ4v) is 3.26. The minimum Gasteiger partial charge on any atom is -0.491 e. The van der Waals surface area contributed by atoms with E-state index in [2.05, 4.69) is 51.6 Å². The largest absolute Gasteiger partial charge is 0.491 e. The van der Waals surface area contributed by atoms with Gasteiger partial charge in [0, 0.05) is 18.0 Å². The summed E-state index contributed by atoms with van der Waals surface area (Å²) in [5.41, 5.74) is 4.09. The first-order valence-corrected chi connectivity index (χ1v) is 7.71. The van der Waals surface area contributed by atoms with E-state index in [4.69, 9.17) is 4.74 Å². The summed E-state index contributed by atoms with van der Waals surface area (Å²) in [6.45, 7) is 1.56. The Bertz CT molecular complexity index is 612. The molecule has 2 aromatic carbocycles. The standard InChI is InChI=1S/C17H18BrNO/c1-19-10-13-6-4-8-16(18)17(13)20-11-14-9-12-5-2-3-7-15(12)14/h2-8,14,19H,9-11H2,1H3. The van der Waals surface area contributed by atoms with Gasteiger partial charge in [-0.3, -0.25) is 0 Å². The molecule has 3 heteroatoms. The number of rotatable bonds is 5. The summed E-state index contributed by atoms with van der Waals surface area (Å²) >= 11 is 3.59. The van der Waals surface area contributed by atoms with Crippen LogP contribution in [0.25, 0.3) is 0 Å². The summed E-state index contributed by atoms with van der Waals surface area (Å²) < 4.78 is 7.12. The average molecular weight is 332 g/mol. The summed E-state index contributed by atoms with van der Waals surface area (Å²) in [4.78, 5) is 0. The molecule has 0 radical (unpaired) electrons. The first-order chi connectivity index (χ1) is 9.79. The molecule has 1 aliphatic carbocycles. The molecule has 2 nitrogen and oxygen atoms in total. The van der Waals surface area contributed by atoms with Crippen molar-refractivity contribution in [2.24, 2.45) is 0 Å². The zero-order valence-corrected chi connectivity index (χ0v) is 13.1. The van der Waals surface area contributed by atoms with Crippen LogP contribution >= 0.6 is 15.9 Å². The van der Waals surface area contributed by atoms with Crippen LogP contribution in [0.2, 0.25) is 0 Å². The van der Waals surface area contributed by atoms with Gasteiger partial charge in [0.2, 0.25) is 0 Å². The maximum Gasteiger partial charge on any atom is 0.137 e. The number of hydrogen-bond donors (Lipinski definition) is 1. The number of nitrogens with one attached hydrogen (secondary N) is 1. The van der Waals surface area contributed by atoms with Crippen molar-refractivity contribution < 1.29 is 4.74 Å². The predicted molar refractivity (Wildman–Crippen MR) is 85.3 cm³/mol. The molecule has 1 aliphatic rings. The molecule has 0 aliphatic heterocycles. The quantitative estimate of drug-likeness (QED) is 0.897. The summed E-state index contributed by atoms with van der Waals surface area (Å²) in [5, 5.41) is 3.18. The number of ether oxygens (including phenoxy) is 1. The van der Waals surface area contributed by atoms with E-state index in [9.17, 15) is 0 Å². The Morgan fingerprint density at radius 3 is 2.85 bits per heavy atom. The van der Waals surface area contributed by atoms with Gasteiger partial charge in [0.05, 0.1) is 11.1 Å². The SMILES string of the molecule is CNCc1cccc(Br)c1OCC1Cc2ccccc21. The van der Waals surface area contributed by atoms with Crippen molar-refractivity contribution in [2.75, 3.05) is 13.7 Å². The lowest BCUT2D eigenvalue weighted by Crippen LogP contribution is -2.23. The molecule has 0 aromatic heterocycles. The fraction of sp³-hybridized carbons (Fsp3) is 0.294. The van der Waals surface area contributed by atoms with E-state index in [-0.39, 0.29) is 0 Å². The van der Waals surface area contributed by atoms with Gasteiger partial charge < -0.3 is 10.1 Å². The molecule has 2 aromatic rings. The Labute approximate surface area is 128 Å². The van der Waals surface area contributed by atoms with Crippen LogP contribution in [0.5, 0.6) is 5.75 Å². The molecule has 1 unspecified atom stereocenters. The van der Waals surface area contributed by atoms with Crippen molar-refractivity contribution in [2.45, 2.75) is 18.9 Å². The molecule has 1 N–H and O–H groups in total. The van der Waals surface area contributed by atoms with E-state index in [0.717, 1.165) is 29.8 Å². The molecule has 0 spiro atoms. The summed E-state index contributed by atoms with van der Waals surface area (Å²) in [6.07, 6.45) is 1.13. The molecule has 20 heavy (non-hydrogen) atoms. The Hall–Kier alpha value is -1.32. The second-order valence-electron chi connectivity index (χ2n) is 5.17. The van der Waals surface area contributed by atoms with Crippen LogP contribution in [-0.4, -0.2) is 13.7 Å². The number of para-hydroxylation sites is 1. The van der Waals surface area contributed by atoms with E-state index < -0.39 is 0 Å². The highest BCUT2D eigenvalue weighted by Gasteiger charge is 2.26. The van der Waals surface area contributed by atoms with Crippen molar-refractivity contribution >= 4 is 15.9 Å². The summed E-state index contributed by atoms with van der Waals surface area (Å²) in [5.74, 6) is 1.49. The third kappa shape index (κ3) is 2.60. The van der Waals surface area contributed by atoms with E-state index >= 15 is 0 Å². The number of fused-ring (bicyclic) bond motifs is 1. The van der Waals surface area contributed by atoms with Crippen molar-refractivity contribution in [3.63, 3.8) is 0 Å². The van der Waals surface area contributed by atoms with Gasteiger partial charge in [0.1, 0.15) is 5.75 Å². The third-order valence-corrected chi connectivity index (χ3v) is 4.43. The lowest BCUT2D eigenvalue weighted by atomic mass is 9.78. The molecule has 0 saturated carbocycles. The minimum atomic E-state index is 0.528. The van der Waals surface area contributed by atoms with Crippen molar-refractivity contribution in [1.29, 1.82) is 0 Å². The van der Waals surface area contributed by atoms with Crippen LogP contribution in [0.1, 0.15) is 22.6 Å². The van der Waals surface area contributed by atoms with Crippen LogP contribution in [0.3, 0.4) is 0 Å². The zero-order chi connectivity index (χ0) is 13.9. The van der Waals surface area contributed by atoms with Gasteiger partial charge in [-0.1, -0.05) is 36.4 Å². The highest BCUT2D eigenvalue weighted by molar-refractivity contribution is 9.10. The highest BCUT2D eigenvalue weighted by atomic mass is 79.9. The lowest BCUT2D eigenvalue weighted by Gasteiger charge is -2.30. The van der Waals surface area contributed by atoms with Gasteiger partial charge in [-0.25, -0.2) is 0 Å². The van der Waals surface area contributed by atoms with Gasteiger partial charge in [-0.15, -0.1) is 0 Å². The summed E-state index contributed by atoms with van der Waals surface area (Å²) in [7, 11) is 1.95. The number of hydrogen-bond acceptors (Lipinski definition) is 2. The Balaban J connectivity index is 1.71. The van der Waals surface area contributed by atoms with Crippen LogP contribution in [-0.2, 0) is 13.0 Å². The predicted octanol–water partition coefficient (Wildman–Crippen LogP) is 3.89. The molecular formula is C17H18BrNO. The van der Waals surface area contributed by atoms with Gasteiger partial charge in [0.25, 0.3) is 0 Å². The van der Waals surface area contributed by atoms with E-state index in [1.165, 1.54) is 16.7 Å². The Kier molecular flexibility index (Phi) is 4.08. The Morgan fingerprint density at radius 1 is 1.20 bits per heavy atom. The van der Waals surface area contributed by atoms with E-state index in [0.29, 0.717) is 5.92 Å². The molecule has 0 fully saturated rings. The summed E-state index contributed by atoms with van der Waals surface area (Å²) in [6, 6.07) is 14.8. The van der Waals surface area contributed by atoms with Gasteiger partial charge in [0.15, 0.2) is 0 Å². The smallest absolute Gasteiger partial charge is 0.137 e. The topological polar surface area (TPSA) is 21.3 Å². The van der Waals surface area contributed by atoms with E-state index in [1.54, 1.807) is 0 Å². The minimum absolute atomic E-state index is 0.528. The third-order valence-electron chi connectivity index (χ3n) is 3.81. The number of halogens is 1. The van der Waals surface area contributed by atoms with Crippen LogP contribution < -0.4 is 10.1 Å². The average Bonchev–Trinajstić information content (AvgIpc) is 2.43. The fourth-order valence-electron chi connectivity index (χ4n) is 2.74. The van der Waals surface area contributed by atoms with Crippen molar-refractivity contribution in [1.82, 2.24) is 5.32 Å². The molecule has 3 rings (SSSR count). The molecule has 0 amide bonds. The van der Waals surface area contributed by atoms with Gasteiger partial charge in [-0.05, 0) is 46.6 Å². The van der Waals surface area contributed by atoms with Crippen LogP contribution in [0, 0.1) is 0 Å². The first kappa shape index (κ1) is 13.7. The normalized spacial score (nSPS) is 16.4. The first-order valence-electron chi connectivity index (χ1n) is 6.92. The maximum atomic E-state index is 6.09. The second kappa shape index (κ2) is 5.98. The molecule has 1 atom stereocenters. The van der Waals surface area contributed by atoms with Gasteiger partial charge in [-0.2, -0.15) is 0 Å². The maximum absolute atomic E-state index is 6.09. The molecule has 104 valence electrons. The van der Waals surface area contributed by atoms with Gasteiger partial charge >= 0.3 is 0 Å². The molecule has 0 heterocycles. The van der Waals surface area contributed by atoms with Crippen molar-refractivity contribution in [3.05, 3.63) is 63.6 Å². The second-order valence-corrected chi connectivity index (χ2v) is 6.02. The molecule has 0 saturated heterocycles. The van der Waals surface area contributed by atoms with Crippen LogP contribution in [0.15, 0.2) is 46.9 Å². The lowest BCUT2D eigenvalue weighted by molar-refractivity contribution is 0.271. The monoisotopic (exact) mass is 331 g/mol. The van der Waals surface area contributed by atoms with Crippen molar-refractivity contribution in [3.8, 4) is 5.75 Å². The number of benzene rings is 2. The zero-order valence-electron chi connectivity index (χ0n) is 11.5. The molecule has 0 bridgehead atoms. The highest BCUT2D eigenvalue weighted by Crippen LogP contribution is 2.36. The van der Waals surface area contributed by atoms with E-state index in [1.807, 2.05) is 19.2 Å². The Morgan fingerprint density at radius 2 is 2.05 bits per heavy atom. The molecular weight excluding hydrogens is 314 g/mol. The van der Waals surface area contributed by atoms with Crippen LogP contribution in [0.4, 0.5) is 0 Å².